The van der Waals surface area contributed by atoms with Gasteiger partial charge in [0.1, 0.15) is 0 Å². The van der Waals surface area contributed by atoms with Crippen LogP contribution in [0.15, 0.2) is 0 Å². The molecular formula is C11H18N2O2. The first kappa shape index (κ1) is 10.9. The van der Waals surface area contributed by atoms with Crippen molar-refractivity contribution in [3.8, 4) is 6.07 Å². The van der Waals surface area contributed by atoms with E-state index in [0.717, 1.165) is 39.1 Å². The minimum atomic E-state index is -0.289. The zero-order valence-electron chi connectivity index (χ0n) is 9.24. The fourth-order valence-corrected chi connectivity index (χ4v) is 2.35. The molecule has 0 amide bonds. The van der Waals surface area contributed by atoms with Crippen LogP contribution in [0.4, 0.5) is 0 Å². The second-order valence-corrected chi connectivity index (χ2v) is 4.35. The molecule has 1 unspecified atom stereocenters. The Balaban J connectivity index is 1.84. The Morgan fingerprint density at radius 2 is 1.93 bits per heavy atom. The average Bonchev–Trinajstić information content (AvgIpc) is 2.68. The predicted octanol–water partition coefficient (Wildman–Crippen LogP) is 1.13. The predicted molar refractivity (Wildman–Crippen MR) is 55.1 cm³/mol. The van der Waals surface area contributed by atoms with Crippen LogP contribution in [0.1, 0.15) is 26.2 Å². The first-order valence-corrected chi connectivity index (χ1v) is 5.65. The first-order valence-electron chi connectivity index (χ1n) is 5.65. The monoisotopic (exact) mass is 210 g/mol. The van der Waals surface area contributed by atoms with Gasteiger partial charge in [-0.2, -0.15) is 5.26 Å². The van der Waals surface area contributed by atoms with Crippen LogP contribution >= 0.6 is 0 Å². The third-order valence-corrected chi connectivity index (χ3v) is 3.38. The molecule has 0 N–H and O–H groups in total. The number of likely N-dealkylation sites (tertiary alicyclic amines) is 1. The molecule has 2 aliphatic rings. The molecule has 0 radical (unpaired) electrons. The van der Waals surface area contributed by atoms with Crippen molar-refractivity contribution in [1.82, 2.24) is 4.90 Å². The van der Waals surface area contributed by atoms with Crippen molar-refractivity contribution in [2.75, 3.05) is 26.3 Å². The topological polar surface area (TPSA) is 45.5 Å². The van der Waals surface area contributed by atoms with Gasteiger partial charge < -0.3 is 9.47 Å². The number of nitriles is 1. The van der Waals surface area contributed by atoms with Crippen LogP contribution < -0.4 is 0 Å². The van der Waals surface area contributed by atoms with Crippen LogP contribution in [0.5, 0.6) is 0 Å². The summed E-state index contributed by atoms with van der Waals surface area (Å²) in [5.74, 6) is -0.289. The quantitative estimate of drug-likeness (QED) is 0.685. The van der Waals surface area contributed by atoms with E-state index in [2.05, 4.69) is 17.9 Å². The van der Waals surface area contributed by atoms with Crippen LogP contribution in [-0.2, 0) is 9.47 Å². The van der Waals surface area contributed by atoms with Crippen molar-refractivity contribution in [2.24, 2.45) is 0 Å². The van der Waals surface area contributed by atoms with Gasteiger partial charge in [0.25, 0.3) is 0 Å². The van der Waals surface area contributed by atoms with Crippen molar-refractivity contribution in [3.05, 3.63) is 0 Å². The van der Waals surface area contributed by atoms with Crippen molar-refractivity contribution < 1.29 is 9.47 Å². The van der Waals surface area contributed by atoms with Gasteiger partial charge in [-0.05, 0) is 6.92 Å². The molecule has 2 rings (SSSR count). The van der Waals surface area contributed by atoms with Crippen molar-refractivity contribution >= 4 is 0 Å². The van der Waals surface area contributed by atoms with Crippen LogP contribution in [0.25, 0.3) is 0 Å². The Labute approximate surface area is 90.8 Å². The van der Waals surface area contributed by atoms with Crippen LogP contribution in [0, 0.1) is 11.3 Å². The molecular weight excluding hydrogens is 192 g/mol. The third kappa shape index (κ3) is 2.31. The Morgan fingerprint density at radius 3 is 2.47 bits per heavy atom. The van der Waals surface area contributed by atoms with Gasteiger partial charge in [-0.1, -0.05) is 0 Å². The summed E-state index contributed by atoms with van der Waals surface area (Å²) >= 11 is 0. The zero-order valence-corrected chi connectivity index (χ0v) is 9.24. The maximum atomic E-state index is 8.65. The van der Waals surface area contributed by atoms with Crippen molar-refractivity contribution in [2.45, 2.75) is 38.0 Å². The smallest absolute Gasteiger partial charge is 0.170 e. The molecule has 15 heavy (non-hydrogen) atoms. The summed E-state index contributed by atoms with van der Waals surface area (Å²) in [6, 6.07) is 2.58. The average molecular weight is 210 g/mol. The van der Waals surface area contributed by atoms with E-state index in [1.807, 2.05) is 0 Å². The molecule has 4 heteroatoms. The first-order chi connectivity index (χ1) is 7.26. The minimum Gasteiger partial charge on any atom is -0.347 e. The van der Waals surface area contributed by atoms with Crippen LogP contribution in [0.3, 0.4) is 0 Å². The zero-order chi connectivity index (χ0) is 10.7. The highest BCUT2D eigenvalue weighted by molar-refractivity contribution is 4.87. The lowest BCUT2D eigenvalue weighted by Crippen LogP contribution is -2.48. The van der Waals surface area contributed by atoms with Crippen LogP contribution in [0.2, 0.25) is 0 Å². The van der Waals surface area contributed by atoms with E-state index >= 15 is 0 Å². The van der Waals surface area contributed by atoms with Crippen molar-refractivity contribution in [3.63, 3.8) is 0 Å². The largest absolute Gasteiger partial charge is 0.347 e. The van der Waals surface area contributed by atoms with Gasteiger partial charge in [-0.15, -0.1) is 0 Å². The normalized spacial score (nSPS) is 27.7. The van der Waals surface area contributed by atoms with E-state index in [1.54, 1.807) is 0 Å². The van der Waals surface area contributed by atoms with Gasteiger partial charge in [0.2, 0.25) is 0 Å². The van der Waals surface area contributed by atoms with Gasteiger partial charge >= 0.3 is 0 Å². The summed E-state index contributed by atoms with van der Waals surface area (Å²) in [5, 5.41) is 8.65. The van der Waals surface area contributed by atoms with Crippen molar-refractivity contribution in [1.29, 1.82) is 5.26 Å². The summed E-state index contributed by atoms with van der Waals surface area (Å²) in [5.41, 5.74) is 0. The molecule has 0 aromatic heterocycles. The summed E-state index contributed by atoms with van der Waals surface area (Å²) < 4.78 is 11.3. The summed E-state index contributed by atoms with van der Waals surface area (Å²) in [7, 11) is 0. The summed E-state index contributed by atoms with van der Waals surface area (Å²) in [6.45, 7) is 5.52. The van der Waals surface area contributed by atoms with E-state index in [1.165, 1.54) is 0 Å². The maximum Gasteiger partial charge on any atom is 0.170 e. The molecule has 2 saturated heterocycles. The molecule has 1 atom stereocenters. The van der Waals surface area contributed by atoms with E-state index in [4.69, 9.17) is 14.7 Å². The standard InChI is InChI=1S/C11H18N2O2/c1-10(2-5-12)13-6-3-11(4-7-13)14-8-9-15-11/h10H,2-4,6-9H2,1H3. The molecule has 0 aromatic carbocycles. The fourth-order valence-electron chi connectivity index (χ4n) is 2.35. The number of hydrogen-bond acceptors (Lipinski definition) is 4. The Bertz CT molecular complexity index is 246. The highest BCUT2D eigenvalue weighted by Crippen LogP contribution is 2.31. The molecule has 0 aromatic rings. The number of rotatable bonds is 2. The van der Waals surface area contributed by atoms with E-state index in [0.29, 0.717) is 12.5 Å². The van der Waals surface area contributed by atoms with E-state index < -0.39 is 0 Å². The van der Waals surface area contributed by atoms with Gasteiger partial charge in [0.15, 0.2) is 5.79 Å². The Hall–Kier alpha value is -0.630. The molecule has 2 heterocycles. The minimum absolute atomic E-state index is 0.289. The number of ether oxygens (including phenoxy) is 2. The Morgan fingerprint density at radius 1 is 1.33 bits per heavy atom. The lowest BCUT2D eigenvalue weighted by molar-refractivity contribution is -0.187. The number of hydrogen-bond donors (Lipinski definition) is 0. The lowest BCUT2D eigenvalue weighted by Gasteiger charge is -2.39. The SMILES string of the molecule is CC(CC#N)N1CCC2(CC1)OCCO2. The lowest BCUT2D eigenvalue weighted by atomic mass is 10.0. The fraction of sp³-hybridized carbons (Fsp3) is 0.909. The highest BCUT2D eigenvalue weighted by atomic mass is 16.7. The summed E-state index contributed by atoms with van der Waals surface area (Å²) in [4.78, 5) is 2.35. The van der Waals surface area contributed by atoms with Gasteiger partial charge in [-0.3, -0.25) is 4.90 Å². The molecule has 2 aliphatic heterocycles. The van der Waals surface area contributed by atoms with Gasteiger partial charge in [0.05, 0.1) is 25.7 Å². The molecule has 1 spiro atoms. The third-order valence-electron chi connectivity index (χ3n) is 3.38. The number of piperidine rings is 1. The van der Waals surface area contributed by atoms with E-state index in [9.17, 15) is 0 Å². The highest BCUT2D eigenvalue weighted by Gasteiger charge is 2.40. The molecule has 0 bridgehead atoms. The van der Waals surface area contributed by atoms with Crippen LogP contribution in [-0.4, -0.2) is 43.0 Å². The number of nitrogens with zero attached hydrogens (tertiary/aromatic N) is 2. The molecule has 4 nitrogen and oxygen atoms in total. The van der Waals surface area contributed by atoms with Gasteiger partial charge in [0, 0.05) is 32.0 Å². The molecule has 0 aliphatic carbocycles. The second-order valence-electron chi connectivity index (χ2n) is 4.35. The molecule has 84 valence electrons. The second kappa shape index (κ2) is 4.48. The van der Waals surface area contributed by atoms with Gasteiger partial charge in [-0.25, -0.2) is 0 Å². The maximum absolute atomic E-state index is 8.65. The molecule has 2 fully saturated rings. The van der Waals surface area contributed by atoms with E-state index in [-0.39, 0.29) is 5.79 Å². The summed E-state index contributed by atoms with van der Waals surface area (Å²) in [6.07, 6.45) is 2.47. The Kier molecular flexibility index (Phi) is 3.25. The molecule has 0 saturated carbocycles.